The van der Waals surface area contributed by atoms with Crippen molar-refractivity contribution >= 4 is 29.1 Å². The predicted octanol–water partition coefficient (Wildman–Crippen LogP) is 4.14. The average molecular weight is 288 g/mol. The minimum absolute atomic E-state index is 0.0912. The Kier molecular flexibility index (Phi) is 4.27. The first-order chi connectivity index (χ1) is 9.58. The molecular formula is C15H10ClNO3. The van der Waals surface area contributed by atoms with Gasteiger partial charge in [-0.3, -0.25) is 14.9 Å². The van der Waals surface area contributed by atoms with Gasteiger partial charge in [-0.1, -0.05) is 41.9 Å². The molecule has 100 valence electrons. The molecule has 20 heavy (non-hydrogen) atoms. The number of hydrogen-bond acceptors (Lipinski definition) is 3. The summed E-state index contributed by atoms with van der Waals surface area (Å²) in [6.45, 7) is 0. The summed E-state index contributed by atoms with van der Waals surface area (Å²) in [7, 11) is 0. The molecule has 0 saturated carbocycles. The quantitative estimate of drug-likeness (QED) is 0.367. The van der Waals surface area contributed by atoms with E-state index in [1.54, 1.807) is 24.3 Å². The fourth-order valence-corrected chi connectivity index (χ4v) is 1.87. The number of nitro groups is 1. The molecule has 0 atom stereocenters. The van der Waals surface area contributed by atoms with Crippen molar-refractivity contribution in [3.63, 3.8) is 0 Å². The van der Waals surface area contributed by atoms with E-state index < -0.39 is 4.92 Å². The maximum absolute atomic E-state index is 11.9. The smallest absolute Gasteiger partial charge is 0.276 e. The van der Waals surface area contributed by atoms with Crippen LogP contribution in [0, 0.1) is 10.1 Å². The standard InChI is InChI=1S/C15H10ClNO3/c16-13-7-8-14(17(19)20)12(10-13)6-9-15(18)11-4-2-1-3-5-11/h1-10H/b9-6+. The summed E-state index contributed by atoms with van der Waals surface area (Å²) in [6, 6.07) is 12.9. The largest absolute Gasteiger partial charge is 0.289 e. The Morgan fingerprint density at radius 3 is 2.50 bits per heavy atom. The van der Waals surface area contributed by atoms with Gasteiger partial charge in [0.15, 0.2) is 5.78 Å². The number of nitro benzene ring substituents is 1. The molecule has 4 nitrogen and oxygen atoms in total. The highest BCUT2D eigenvalue weighted by Crippen LogP contribution is 2.24. The number of hydrogen-bond donors (Lipinski definition) is 0. The lowest BCUT2D eigenvalue weighted by molar-refractivity contribution is -0.385. The Hall–Kier alpha value is -2.46. The van der Waals surface area contributed by atoms with Crippen molar-refractivity contribution in [2.75, 3.05) is 0 Å². The molecule has 0 amide bonds. The second kappa shape index (κ2) is 6.12. The summed E-state index contributed by atoms with van der Waals surface area (Å²) in [5, 5.41) is 11.3. The van der Waals surface area contributed by atoms with E-state index >= 15 is 0 Å². The van der Waals surface area contributed by atoms with Crippen molar-refractivity contribution in [2.45, 2.75) is 0 Å². The molecule has 0 aliphatic rings. The lowest BCUT2D eigenvalue weighted by atomic mass is 10.1. The Labute approximate surface area is 120 Å². The number of halogens is 1. The fraction of sp³-hybridized carbons (Fsp3) is 0. The Morgan fingerprint density at radius 2 is 1.85 bits per heavy atom. The second-order valence-electron chi connectivity index (χ2n) is 4.02. The maximum Gasteiger partial charge on any atom is 0.276 e. The van der Waals surface area contributed by atoms with Crippen LogP contribution in [0.5, 0.6) is 0 Å². The molecule has 0 saturated heterocycles. The molecule has 0 radical (unpaired) electrons. The van der Waals surface area contributed by atoms with E-state index in [1.807, 2.05) is 6.07 Å². The Balaban J connectivity index is 2.30. The molecule has 0 N–H and O–H groups in total. The third-order valence-electron chi connectivity index (χ3n) is 2.66. The van der Waals surface area contributed by atoms with E-state index in [-0.39, 0.29) is 11.5 Å². The Morgan fingerprint density at radius 1 is 1.15 bits per heavy atom. The van der Waals surface area contributed by atoms with Crippen LogP contribution in [0.1, 0.15) is 15.9 Å². The first-order valence-electron chi connectivity index (χ1n) is 5.79. The molecule has 0 spiro atoms. The predicted molar refractivity (Wildman–Crippen MR) is 77.9 cm³/mol. The molecule has 5 heteroatoms. The molecule has 0 aliphatic carbocycles. The summed E-state index contributed by atoms with van der Waals surface area (Å²) in [4.78, 5) is 22.3. The third-order valence-corrected chi connectivity index (χ3v) is 2.89. The van der Waals surface area contributed by atoms with Crippen molar-refractivity contribution in [1.29, 1.82) is 0 Å². The van der Waals surface area contributed by atoms with Gasteiger partial charge in [-0.2, -0.15) is 0 Å². The number of benzene rings is 2. The van der Waals surface area contributed by atoms with Gasteiger partial charge in [-0.05, 0) is 24.3 Å². The zero-order valence-electron chi connectivity index (χ0n) is 10.3. The molecule has 2 aromatic rings. The second-order valence-corrected chi connectivity index (χ2v) is 4.46. The highest BCUT2D eigenvalue weighted by atomic mass is 35.5. The number of ketones is 1. The van der Waals surface area contributed by atoms with Gasteiger partial charge in [0, 0.05) is 16.7 Å². The van der Waals surface area contributed by atoms with Crippen LogP contribution in [0.2, 0.25) is 5.02 Å². The summed E-state index contributed by atoms with van der Waals surface area (Å²) in [5.74, 6) is -0.222. The fourth-order valence-electron chi connectivity index (χ4n) is 1.69. The van der Waals surface area contributed by atoms with E-state index in [0.29, 0.717) is 16.1 Å². The molecule has 0 fully saturated rings. The summed E-state index contributed by atoms with van der Waals surface area (Å²) in [5.41, 5.74) is 0.728. The number of carbonyl (C=O) groups is 1. The van der Waals surface area contributed by atoms with Gasteiger partial charge in [0.05, 0.1) is 10.5 Å². The van der Waals surface area contributed by atoms with E-state index in [1.165, 1.54) is 30.4 Å². The lowest BCUT2D eigenvalue weighted by Gasteiger charge is -1.98. The zero-order chi connectivity index (χ0) is 14.5. The van der Waals surface area contributed by atoms with Gasteiger partial charge in [0.25, 0.3) is 5.69 Å². The molecular weight excluding hydrogens is 278 g/mol. The van der Waals surface area contributed by atoms with Crippen LogP contribution < -0.4 is 0 Å². The van der Waals surface area contributed by atoms with E-state index in [0.717, 1.165) is 0 Å². The van der Waals surface area contributed by atoms with Gasteiger partial charge in [-0.25, -0.2) is 0 Å². The summed E-state index contributed by atoms with van der Waals surface area (Å²) in [6.07, 6.45) is 2.70. The number of nitrogens with zero attached hydrogens (tertiary/aromatic N) is 1. The van der Waals surface area contributed by atoms with E-state index in [9.17, 15) is 14.9 Å². The number of allylic oxidation sites excluding steroid dienone is 1. The Bertz CT molecular complexity index is 681. The van der Waals surface area contributed by atoms with Gasteiger partial charge in [0.1, 0.15) is 0 Å². The van der Waals surface area contributed by atoms with Crippen LogP contribution in [-0.4, -0.2) is 10.7 Å². The van der Waals surface area contributed by atoms with Gasteiger partial charge in [-0.15, -0.1) is 0 Å². The van der Waals surface area contributed by atoms with Gasteiger partial charge >= 0.3 is 0 Å². The first kappa shape index (κ1) is 14.0. The number of carbonyl (C=O) groups excluding carboxylic acids is 1. The molecule has 0 aromatic heterocycles. The minimum atomic E-state index is -0.511. The third kappa shape index (κ3) is 3.30. The molecule has 0 heterocycles. The topological polar surface area (TPSA) is 60.2 Å². The molecule has 0 unspecified atom stereocenters. The molecule has 2 aromatic carbocycles. The van der Waals surface area contributed by atoms with Crippen LogP contribution in [0.3, 0.4) is 0 Å². The minimum Gasteiger partial charge on any atom is -0.289 e. The average Bonchev–Trinajstić information content (AvgIpc) is 2.45. The van der Waals surface area contributed by atoms with Gasteiger partial charge in [0.2, 0.25) is 0 Å². The van der Waals surface area contributed by atoms with Crippen LogP contribution in [0.4, 0.5) is 5.69 Å². The summed E-state index contributed by atoms with van der Waals surface area (Å²) >= 11 is 5.81. The van der Waals surface area contributed by atoms with Crippen LogP contribution in [0.15, 0.2) is 54.6 Å². The van der Waals surface area contributed by atoms with E-state index in [2.05, 4.69) is 0 Å². The van der Waals surface area contributed by atoms with Gasteiger partial charge < -0.3 is 0 Å². The SMILES string of the molecule is O=C(/C=C/c1cc(Cl)ccc1[N+](=O)[O-])c1ccccc1. The van der Waals surface area contributed by atoms with Crippen molar-refractivity contribution in [3.8, 4) is 0 Å². The normalized spacial score (nSPS) is 10.7. The van der Waals surface area contributed by atoms with Crippen LogP contribution in [-0.2, 0) is 0 Å². The van der Waals surface area contributed by atoms with Crippen molar-refractivity contribution < 1.29 is 9.72 Å². The van der Waals surface area contributed by atoms with Crippen molar-refractivity contribution in [3.05, 3.63) is 80.9 Å². The maximum atomic E-state index is 11.9. The highest BCUT2D eigenvalue weighted by Gasteiger charge is 2.11. The van der Waals surface area contributed by atoms with Crippen LogP contribution >= 0.6 is 11.6 Å². The lowest BCUT2D eigenvalue weighted by Crippen LogP contribution is -1.94. The first-order valence-corrected chi connectivity index (χ1v) is 6.17. The van der Waals surface area contributed by atoms with Crippen molar-refractivity contribution in [1.82, 2.24) is 0 Å². The molecule has 2 rings (SSSR count). The van der Waals surface area contributed by atoms with E-state index in [4.69, 9.17) is 11.6 Å². The van der Waals surface area contributed by atoms with Crippen LogP contribution in [0.25, 0.3) is 6.08 Å². The van der Waals surface area contributed by atoms with Crippen molar-refractivity contribution in [2.24, 2.45) is 0 Å². The molecule has 0 aliphatic heterocycles. The zero-order valence-corrected chi connectivity index (χ0v) is 11.1. The summed E-state index contributed by atoms with van der Waals surface area (Å²) < 4.78 is 0. The monoisotopic (exact) mass is 287 g/mol. The highest BCUT2D eigenvalue weighted by molar-refractivity contribution is 6.30. The molecule has 0 bridgehead atoms. The number of rotatable bonds is 4.